The molecule has 2 aromatic rings. The van der Waals surface area contributed by atoms with E-state index in [-0.39, 0.29) is 23.5 Å². The number of hydrogen-bond acceptors (Lipinski definition) is 6. The first-order valence-electron chi connectivity index (χ1n) is 8.20. The molecule has 0 aromatic heterocycles. The number of aliphatic carboxylic acids is 2. The van der Waals surface area contributed by atoms with E-state index in [1.54, 1.807) is 38.1 Å². The topological polar surface area (TPSA) is 127 Å². The molecular weight excluding hydrogens is 404 g/mol. The van der Waals surface area contributed by atoms with E-state index in [4.69, 9.17) is 9.47 Å². The molecule has 0 heterocycles. The minimum absolute atomic E-state index is 0. The maximum absolute atomic E-state index is 12.2. The number of halogens is 1. The normalized spacial score (nSPS) is 12.1. The number of esters is 2. The van der Waals surface area contributed by atoms with Gasteiger partial charge in [-0.25, -0.2) is 19.2 Å². The summed E-state index contributed by atoms with van der Waals surface area (Å²) < 4.78 is 9.64. The van der Waals surface area contributed by atoms with Crippen LogP contribution in [-0.4, -0.2) is 46.3 Å². The van der Waals surface area contributed by atoms with Crippen molar-refractivity contribution in [1.29, 1.82) is 0 Å². The molecule has 0 aliphatic rings. The Morgan fingerprint density at radius 3 is 1.17 bits per heavy atom. The molecule has 0 fully saturated rings. The summed E-state index contributed by atoms with van der Waals surface area (Å²) in [6, 6.07) is 12.1. The Balaban J connectivity index is 0.00000420. The highest BCUT2D eigenvalue weighted by Gasteiger charge is 2.41. The fourth-order valence-electron chi connectivity index (χ4n) is 2.23. The molecule has 2 atom stereocenters. The smallest absolute Gasteiger partial charge is 0.349 e. The second-order valence-electron chi connectivity index (χ2n) is 6.06. The molecule has 0 radical (unpaired) electrons. The van der Waals surface area contributed by atoms with Gasteiger partial charge in [0.15, 0.2) is 0 Å². The lowest BCUT2D eigenvalue weighted by atomic mass is 10.1. The number of carboxylic acids is 2. The Bertz CT molecular complexity index is 814. The number of rotatable bonds is 7. The highest BCUT2D eigenvalue weighted by molar-refractivity contribution is 5.95. The van der Waals surface area contributed by atoms with Gasteiger partial charge in [-0.05, 0) is 38.1 Å². The van der Waals surface area contributed by atoms with E-state index in [0.717, 1.165) is 11.1 Å². The Hall–Kier alpha value is -3.39. The standard InChI is InChI=1S/C20H18O8.ClH/c1-11-3-7-13(8-4-11)19(25)27-15(17(21)22)16(18(23)24)28-20(26)14-9-5-12(2)6-10-14;/h3-10,15-16H,1-2H3,(H,21,22)(H,23,24);1H/t15-,16-;/m0./s1. The lowest BCUT2D eigenvalue weighted by Gasteiger charge is -2.21. The molecule has 2 N–H and O–H groups in total. The van der Waals surface area contributed by atoms with Crippen molar-refractivity contribution in [3.05, 3.63) is 70.8 Å². The van der Waals surface area contributed by atoms with Gasteiger partial charge in [0.2, 0.25) is 12.2 Å². The Kier molecular flexibility index (Phi) is 8.35. The third kappa shape index (κ3) is 6.32. The van der Waals surface area contributed by atoms with E-state index in [1.165, 1.54) is 24.3 Å². The number of ether oxygens (including phenoxy) is 2. The largest absolute Gasteiger partial charge is 0.478 e. The Labute approximate surface area is 172 Å². The lowest BCUT2D eigenvalue weighted by molar-refractivity contribution is -0.166. The van der Waals surface area contributed by atoms with Crippen molar-refractivity contribution < 1.29 is 38.9 Å². The third-order valence-corrected chi connectivity index (χ3v) is 3.80. The van der Waals surface area contributed by atoms with Crippen LogP contribution in [-0.2, 0) is 19.1 Å². The van der Waals surface area contributed by atoms with Crippen LogP contribution < -0.4 is 0 Å². The molecule has 8 nitrogen and oxygen atoms in total. The summed E-state index contributed by atoms with van der Waals surface area (Å²) >= 11 is 0. The first-order chi connectivity index (χ1) is 13.2. The van der Waals surface area contributed by atoms with Crippen molar-refractivity contribution in [2.24, 2.45) is 0 Å². The van der Waals surface area contributed by atoms with Crippen LogP contribution in [0.2, 0.25) is 0 Å². The lowest BCUT2D eigenvalue weighted by Crippen LogP contribution is -2.45. The number of carbonyl (C=O) groups is 4. The van der Waals surface area contributed by atoms with Crippen LogP contribution in [0.25, 0.3) is 0 Å². The van der Waals surface area contributed by atoms with Crippen LogP contribution in [0, 0.1) is 13.8 Å². The predicted octanol–water partition coefficient (Wildman–Crippen LogP) is 2.65. The van der Waals surface area contributed by atoms with E-state index in [9.17, 15) is 29.4 Å². The van der Waals surface area contributed by atoms with Crippen molar-refractivity contribution in [2.45, 2.75) is 26.1 Å². The molecule has 0 saturated carbocycles. The number of benzene rings is 2. The molecule has 0 aliphatic heterocycles. The quantitative estimate of drug-likeness (QED) is 0.652. The van der Waals surface area contributed by atoms with Crippen molar-refractivity contribution in [3.63, 3.8) is 0 Å². The SMILES string of the molecule is Cc1ccc(C(=O)O[C@H](C(=O)O)[C@H](OC(=O)c2ccc(C)cc2)C(=O)O)cc1.Cl. The van der Waals surface area contributed by atoms with E-state index in [2.05, 4.69) is 0 Å². The predicted molar refractivity (Wildman–Crippen MR) is 103 cm³/mol. The number of aryl methyl sites for hydroxylation is 2. The number of carbonyl (C=O) groups excluding carboxylic acids is 2. The highest BCUT2D eigenvalue weighted by Crippen LogP contribution is 2.14. The summed E-state index contributed by atoms with van der Waals surface area (Å²) in [7, 11) is 0. The van der Waals surface area contributed by atoms with E-state index >= 15 is 0 Å². The van der Waals surface area contributed by atoms with Crippen molar-refractivity contribution >= 4 is 36.3 Å². The van der Waals surface area contributed by atoms with Crippen LogP contribution in [0.5, 0.6) is 0 Å². The van der Waals surface area contributed by atoms with Crippen molar-refractivity contribution in [3.8, 4) is 0 Å². The van der Waals surface area contributed by atoms with Gasteiger partial charge in [0, 0.05) is 0 Å². The van der Waals surface area contributed by atoms with Gasteiger partial charge in [0.05, 0.1) is 11.1 Å². The molecule has 2 rings (SSSR count). The fraction of sp³-hybridized carbons (Fsp3) is 0.200. The van der Waals surface area contributed by atoms with Crippen LogP contribution in [0.1, 0.15) is 31.8 Å². The summed E-state index contributed by atoms with van der Waals surface area (Å²) in [6.07, 6.45) is -4.44. The second kappa shape index (κ2) is 10.2. The van der Waals surface area contributed by atoms with Gasteiger partial charge in [0.1, 0.15) is 0 Å². The molecular formula is C20H19ClO8. The zero-order valence-electron chi connectivity index (χ0n) is 15.5. The molecule has 0 amide bonds. The monoisotopic (exact) mass is 422 g/mol. The zero-order valence-corrected chi connectivity index (χ0v) is 16.3. The summed E-state index contributed by atoms with van der Waals surface area (Å²) in [5.41, 5.74) is 1.79. The molecule has 29 heavy (non-hydrogen) atoms. The molecule has 0 aliphatic carbocycles. The molecule has 2 aromatic carbocycles. The second-order valence-corrected chi connectivity index (χ2v) is 6.06. The molecule has 154 valence electrons. The molecule has 0 unspecified atom stereocenters. The van der Waals surface area contributed by atoms with Crippen LogP contribution in [0.4, 0.5) is 0 Å². The van der Waals surface area contributed by atoms with Gasteiger partial charge < -0.3 is 19.7 Å². The minimum Gasteiger partial charge on any atom is -0.478 e. The molecule has 0 spiro atoms. The first-order valence-corrected chi connectivity index (χ1v) is 8.20. The number of carboxylic acid groups (broad SMARTS) is 2. The zero-order chi connectivity index (χ0) is 20.8. The highest BCUT2D eigenvalue weighted by atomic mass is 35.5. The van der Waals surface area contributed by atoms with Crippen molar-refractivity contribution in [2.75, 3.05) is 0 Å². The van der Waals surface area contributed by atoms with E-state index in [0.29, 0.717) is 0 Å². The van der Waals surface area contributed by atoms with Gasteiger partial charge in [-0.1, -0.05) is 35.4 Å². The van der Waals surface area contributed by atoms with Crippen LogP contribution in [0.15, 0.2) is 48.5 Å². The molecule has 0 bridgehead atoms. The number of hydrogen-bond donors (Lipinski definition) is 2. The molecule has 0 saturated heterocycles. The summed E-state index contributed by atoms with van der Waals surface area (Å²) in [5.74, 6) is -5.62. The maximum atomic E-state index is 12.2. The first kappa shape index (κ1) is 23.6. The maximum Gasteiger partial charge on any atom is 0.349 e. The van der Waals surface area contributed by atoms with Gasteiger partial charge in [-0.3, -0.25) is 0 Å². The van der Waals surface area contributed by atoms with Gasteiger partial charge in [-0.15, -0.1) is 12.4 Å². The van der Waals surface area contributed by atoms with Crippen LogP contribution in [0.3, 0.4) is 0 Å². The van der Waals surface area contributed by atoms with Crippen LogP contribution >= 0.6 is 12.4 Å². The average Bonchev–Trinajstić information content (AvgIpc) is 2.64. The summed E-state index contributed by atoms with van der Waals surface area (Å²) in [4.78, 5) is 47.3. The van der Waals surface area contributed by atoms with E-state index in [1.807, 2.05) is 0 Å². The van der Waals surface area contributed by atoms with Crippen molar-refractivity contribution in [1.82, 2.24) is 0 Å². The Morgan fingerprint density at radius 2 is 0.931 bits per heavy atom. The van der Waals surface area contributed by atoms with Gasteiger partial charge in [-0.2, -0.15) is 0 Å². The van der Waals surface area contributed by atoms with Gasteiger partial charge in [0.25, 0.3) is 0 Å². The average molecular weight is 423 g/mol. The molecule has 9 heteroatoms. The third-order valence-electron chi connectivity index (χ3n) is 3.80. The Morgan fingerprint density at radius 1 is 0.655 bits per heavy atom. The fourth-order valence-corrected chi connectivity index (χ4v) is 2.23. The van der Waals surface area contributed by atoms with E-state index < -0.39 is 36.1 Å². The summed E-state index contributed by atoms with van der Waals surface area (Å²) in [6.45, 7) is 3.58. The minimum atomic E-state index is -2.22. The summed E-state index contributed by atoms with van der Waals surface area (Å²) in [5, 5.41) is 18.6. The van der Waals surface area contributed by atoms with Gasteiger partial charge >= 0.3 is 23.9 Å².